The molecule has 2 aromatic heterocycles. The summed E-state index contributed by atoms with van der Waals surface area (Å²) in [7, 11) is 0. The predicted octanol–water partition coefficient (Wildman–Crippen LogP) is 5.88. The Morgan fingerprint density at radius 1 is 0.458 bits per heavy atom. The first kappa shape index (κ1) is 14.3. The minimum absolute atomic E-state index is 1.04. The third-order valence-corrected chi connectivity index (χ3v) is 3.99. The lowest BCUT2D eigenvalue weighted by atomic mass is 9.88. The Kier molecular flexibility index (Phi) is 3.86. The smallest absolute Gasteiger partial charge is 0.0981 e. The van der Waals surface area contributed by atoms with Gasteiger partial charge in [0.25, 0.3) is 0 Å². The van der Waals surface area contributed by atoms with Crippen LogP contribution in [0.1, 0.15) is 22.3 Å². The zero-order valence-electron chi connectivity index (χ0n) is 13.1. The van der Waals surface area contributed by atoms with Gasteiger partial charge in [-0.3, -0.25) is 0 Å². The average Bonchev–Trinajstić information content (AvgIpc) is 3.35. The van der Waals surface area contributed by atoms with Crippen LogP contribution in [0.4, 0.5) is 0 Å². The van der Waals surface area contributed by atoms with E-state index in [1.165, 1.54) is 0 Å². The zero-order chi connectivity index (χ0) is 16.2. The number of furan rings is 2. The summed E-state index contributed by atoms with van der Waals surface area (Å²) in [6.45, 7) is 0. The van der Waals surface area contributed by atoms with Crippen molar-refractivity contribution in [2.45, 2.75) is 0 Å². The molecule has 2 heteroatoms. The molecule has 2 nitrogen and oxygen atoms in total. The summed E-state index contributed by atoms with van der Waals surface area (Å²) in [4.78, 5) is 0. The first-order valence-corrected chi connectivity index (χ1v) is 7.84. The highest BCUT2D eigenvalue weighted by atomic mass is 16.3. The van der Waals surface area contributed by atoms with Gasteiger partial charge in [0.15, 0.2) is 0 Å². The van der Waals surface area contributed by atoms with Gasteiger partial charge in [0, 0.05) is 22.3 Å². The quantitative estimate of drug-likeness (QED) is 0.440. The van der Waals surface area contributed by atoms with Crippen molar-refractivity contribution in [2.24, 2.45) is 0 Å². The molecule has 0 saturated heterocycles. The summed E-state index contributed by atoms with van der Waals surface area (Å²) in [6, 6.07) is 24.7. The van der Waals surface area contributed by atoms with Crippen molar-refractivity contribution in [3.63, 3.8) is 0 Å². The summed E-state index contributed by atoms with van der Waals surface area (Å²) in [5.74, 6) is 0. The van der Waals surface area contributed by atoms with Crippen LogP contribution in [0.3, 0.4) is 0 Å². The molecule has 0 saturated carbocycles. The van der Waals surface area contributed by atoms with Crippen LogP contribution >= 0.6 is 0 Å². The Morgan fingerprint density at radius 3 is 1.21 bits per heavy atom. The van der Waals surface area contributed by atoms with E-state index in [0.717, 1.165) is 33.4 Å². The third-order valence-electron chi connectivity index (χ3n) is 3.99. The molecule has 2 aromatic carbocycles. The van der Waals surface area contributed by atoms with Crippen LogP contribution in [0, 0.1) is 0 Å². The molecule has 0 N–H and O–H groups in total. The Labute approximate surface area is 140 Å². The molecule has 0 amide bonds. The Morgan fingerprint density at radius 2 is 0.875 bits per heavy atom. The van der Waals surface area contributed by atoms with E-state index in [1.807, 2.05) is 48.5 Å². The normalized spacial score (nSPS) is 12.0. The Balaban J connectivity index is 2.07. The van der Waals surface area contributed by atoms with Crippen molar-refractivity contribution >= 4 is 11.1 Å². The van der Waals surface area contributed by atoms with Crippen LogP contribution in [-0.4, -0.2) is 0 Å². The van der Waals surface area contributed by atoms with Crippen molar-refractivity contribution in [2.75, 3.05) is 0 Å². The second kappa shape index (κ2) is 6.47. The van der Waals surface area contributed by atoms with E-state index in [9.17, 15) is 0 Å². The monoisotopic (exact) mass is 312 g/mol. The topological polar surface area (TPSA) is 26.3 Å². The molecule has 4 rings (SSSR count). The van der Waals surface area contributed by atoms with Crippen LogP contribution < -0.4 is 0 Å². The minimum Gasteiger partial charge on any atom is -0.472 e. The summed E-state index contributed by atoms with van der Waals surface area (Å²) >= 11 is 0. The lowest BCUT2D eigenvalue weighted by Crippen LogP contribution is -1.95. The van der Waals surface area contributed by atoms with Gasteiger partial charge in [0.05, 0.1) is 25.1 Å². The summed E-state index contributed by atoms with van der Waals surface area (Å²) in [5, 5.41) is 0. The highest BCUT2D eigenvalue weighted by molar-refractivity contribution is 6.04. The Bertz CT molecular complexity index is 837. The fraction of sp³-hybridized carbons (Fsp3) is 0. The van der Waals surface area contributed by atoms with Crippen molar-refractivity contribution in [3.8, 4) is 0 Å². The van der Waals surface area contributed by atoms with E-state index < -0.39 is 0 Å². The predicted molar refractivity (Wildman–Crippen MR) is 95.3 cm³/mol. The highest BCUT2D eigenvalue weighted by Crippen LogP contribution is 2.36. The number of hydrogen-bond acceptors (Lipinski definition) is 2. The van der Waals surface area contributed by atoms with Crippen LogP contribution in [0.15, 0.2) is 107 Å². The maximum atomic E-state index is 5.36. The molecule has 0 fully saturated rings. The van der Waals surface area contributed by atoms with E-state index in [2.05, 4.69) is 24.3 Å². The first-order valence-electron chi connectivity index (χ1n) is 7.84. The van der Waals surface area contributed by atoms with E-state index >= 15 is 0 Å². The van der Waals surface area contributed by atoms with Gasteiger partial charge in [-0.1, -0.05) is 60.7 Å². The van der Waals surface area contributed by atoms with Gasteiger partial charge in [-0.15, -0.1) is 0 Å². The van der Waals surface area contributed by atoms with Gasteiger partial charge >= 0.3 is 0 Å². The number of rotatable bonds is 4. The standard InChI is InChI=1S/C22H16O2/c1-3-7-17(8-4-1)21(19-11-13-23-15-19)22(20-12-14-24-16-20)18-9-5-2-6-10-18/h1-16H/b22-21-. The number of hydrogen-bond donors (Lipinski definition) is 0. The van der Waals surface area contributed by atoms with Gasteiger partial charge in [-0.05, 0) is 23.3 Å². The molecule has 4 aromatic rings. The summed E-state index contributed by atoms with van der Waals surface area (Å²) in [6.07, 6.45) is 6.98. The molecule has 0 spiro atoms. The van der Waals surface area contributed by atoms with E-state index in [-0.39, 0.29) is 0 Å². The van der Waals surface area contributed by atoms with Gasteiger partial charge in [-0.2, -0.15) is 0 Å². The van der Waals surface area contributed by atoms with Crippen LogP contribution in [0.2, 0.25) is 0 Å². The van der Waals surface area contributed by atoms with Gasteiger partial charge in [0.1, 0.15) is 0 Å². The van der Waals surface area contributed by atoms with Crippen molar-refractivity contribution in [1.82, 2.24) is 0 Å². The lowest BCUT2D eigenvalue weighted by Gasteiger charge is -2.14. The molecule has 0 bridgehead atoms. The SMILES string of the molecule is c1ccc(/C(=C(\c2ccccc2)c2ccoc2)c2ccoc2)cc1. The summed E-state index contributed by atoms with van der Waals surface area (Å²) < 4.78 is 10.7. The molecule has 24 heavy (non-hydrogen) atoms. The summed E-state index contributed by atoms with van der Waals surface area (Å²) in [5.41, 5.74) is 6.61. The van der Waals surface area contributed by atoms with Gasteiger partial charge in [-0.25, -0.2) is 0 Å². The number of benzene rings is 2. The second-order valence-electron chi connectivity index (χ2n) is 5.51. The van der Waals surface area contributed by atoms with Crippen molar-refractivity contribution in [3.05, 3.63) is 120 Å². The van der Waals surface area contributed by atoms with E-state index in [0.29, 0.717) is 0 Å². The fourth-order valence-electron chi connectivity index (χ4n) is 2.93. The van der Waals surface area contributed by atoms with Crippen LogP contribution in [0.5, 0.6) is 0 Å². The second-order valence-corrected chi connectivity index (χ2v) is 5.51. The Hall–Kier alpha value is -3.26. The van der Waals surface area contributed by atoms with E-state index in [4.69, 9.17) is 8.83 Å². The molecule has 116 valence electrons. The molecule has 0 radical (unpaired) electrons. The van der Waals surface area contributed by atoms with Crippen molar-refractivity contribution in [1.29, 1.82) is 0 Å². The maximum Gasteiger partial charge on any atom is 0.0981 e. The molecule has 2 heterocycles. The maximum absolute atomic E-state index is 5.36. The van der Waals surface area contributed by atoms with Crippen molar-refractivity contribution < 1.29 is 8.83 Å². The van der Waals surface area contributed by atoms with Gasteiger partial charge in [0.2, 0.25) is 0 Å². The van der Waals surface area contributed by atoms with Gasteiger partial charge < -0.3 is 8.83 Å². The highest BCUT2D eigenvalue weighted by Gasteiger charge is 2.17. The average molecular weight is 312 g/mol. The molecule has 0 unspecified atom stereocenters. The third kappa shape index (κ3) is 2.70. The molecular formula is C22H16O2. The molecule has 0 atom stereocenters. The van der Waals surface area contributed by atoms with Crippen LogP contribution in [0.25, 0.3) is 11.1 Å². The molecule has 0 aliphatic rings. The van der Waals surface area contributed by atoms with E-state index in [1.54, 1.807) is 25.1 Å². The fourth-order valence-corrected chi connectivity index (χ4v) is 2.93. The van der Waals surface area contributed by atoms with Crippen LogP contribution in [-0.2, 0) is 0 Å². The molecular weight excluding hydrogens is 296 g/mol. The lowest BCUT2D eigenvalue weighted by molar-refractivity contribution is 0.566. The molecule has 0 aliphatic carbocycles. The minimum atomic E-state index is 1.04. The molecule has 0 aliphatic heterocycles. The largest absolute Gasteiger partial charge is 0.472 e. The zero-order valence-corrected chi connectivity index (χ0v) is 13.1. The first-order chi connectivity index (χ1) is 11.9.